The number of ether oxygens (including phenoxy) is 2. The molecule has 0 radical (unpaired) electrons. The van der Waals surface area contributed by atoms with E-state index >= 15 is 0 Å². The first-order valence-corrected chi connectivity index (χ1v) is 11.2. The van der Waals surface area contributed by atoms with E-state index in [9.17, 15) is 0 Å². The largest absolute Gasteiger partial charge is 0.381 e. The molecule has 7 heteroatoms. The standard InChI is InChI=1S/C23H38N4O2.HI/c1-24-23(25-11-5-14-28-18-22-10-15-29-19-22)26-16-20-6-8-21(9-7-20)17-27-12-3-2-4-13-27;/h6-9,22H,2-5,10-19H2,1H3,(H2,24,25,26);1H. The van der Waals surface area contributed by atoms with Crippen LogP contribution in [0.3, 0.4) is 0 Å². The third-order valence-electron chi connectivity index (χ3n) is 5.70. The van der Waals surface area contributed by atoms with Gasteiger partial charge in [0.2, 0.25) is 0 Å². The molecule has 0 aromatic heterocycles. The molecule has 1 atom stereocenters. The topological polar surface area (TPSA) is 58.1 Å². The fourth-order valence-electron chi connectivity index (χ4n) is 3.89. The highest BCUT2D eigenvalue weighted by atomic mass is 127. The zero-order chi connectivity index (χ0) is 20.2. The lowest BCUT2D eigenvalue weighted by molar-refractivity contribution is 0.0888. The number of nitrogens with zero attached hydrogens (tertiary/aromatic N) is 2. The van der Waals surface area contributed by atoms with E-state index in [0.29, 0.717) is 5.92 Å². The summed E-state index contributed by atoms with van der Waals surface area (Å²) >= 11 is 0. The molecule has 170 valence electrons. The quantitative estimate of drug-likeness (QED) is 0.210. The van der Waals surface area contributed by atoms with Crippen molar-refractivity contribution in [3.63, 3.8) is 0 Å². The average Bonchev–Trinajstić information content (AvgIpc) is 3.28. The normalized spacial score (nSPS) is 20.0. The van der Waals surface area contributed by atoms with E-state index in [2.05, 4.69) is 44.8 Å². The second kappa shape index (κ2) is 15.0. The number of halogens is 1. The van der Waals surface area contributed by atoms with Crippen LogP contribution in [0.5, 0.6) is 0 Å². The van der Waals surface area contributed by atoms with Gasteiger partial charge in [-0.2, -0.15) is 0 Å². The summed E-state index contributed by atoms with van der Waals surface area (Å²) in [6.45, 7) is 8.54. The molecule has 2 fully saturated rings. The third-order valence-corrected chi connectivity index (χ3v) is 5.70. The summed E-state index contributed by atoms with van der Waals surface area (Å²) in [5.41, 5.74) is 2.68. The molecule has 3 rings (SSSR count). The summed E-state index contributed by atoms with van der Waals surface area (Å²) in [5.74, 6) is 1.43. The Morgan fingerprint density at radius 1 is 1.13 bits per heavy atom. The maximum absolute atomic E-state index is 5.74. The first kappa shape index (κ1) is 25.4. The molecule has 0 bridgehead atoms. The smallest absolute Gasteiger partial charge is 0.191 e. The van der Waals surface area contributed by atoms with Crippen LogP contribution in [-0.4, -0.2) is 64.0 Å². The molecule has 1 aromatic carbocycles. The average molecular weight is 530 g/mol. The molecule has 0 spiro atoms. The Morgan fingerprint density at radius 3 is 2.60 bits per heavy atom. The van der Waals surface area contributed by atoms with Gasteiger partial charge in [-0.25, -0.2) is 0 Å². The van der Waals surface area contributed by atoms with Crippen molar-refractivity contribution in [2.24, 2.45) is 10.9 Å². The molecule has 1 unspecified atom stereocenters. The van der Waals surface area contributed by atoms with E-state index in [1.54, 1.807) is 0 Å². The second-order valence-electron chi connectivity index (χ2n) is 8.16. The van der Waals surface area contributed by atoms with Gasteiger partial charge < -0.3 is 20.1 Å². The number of nitrogens with one attached hydrogen (secondary N) is 2. The number of benzene rings is 1. The van der Waals surface area contributed by atoms with E-state index in [1.165, 1.54) is 43.5 Å². The van der Waals surface area contributed by atoms with Crippen LogP contribution in [0, 0.1) is 5.92 Å². The van der Waals surface area contributed by atoms with Crippen LogP contribution < -0.4 is 10.6 Å². The van der Waals surface area contributed by atoms with Gasteiger partial charge in [0.1, 0.15) is 0 Å². The molecule has 2 aliphatic heterocycles. The molecule has 0 amide bonds. The summed E-state index contributed by atoms with van der Waals surface area (Å²) in [4.78, 5) is 6.87. The zero-order valence-corrected chi connectivity index (χ0v) is 20.7. The number of rotatable bonds is 10. The minimum absolute atomic E-state index is 0. The highest BCUT2D eigenvalue weighted by Crippen LogP contribution is 2.14. The van der Waals surface area contributed by atoms with Crippen molar-refractivity contribution in [3.8, 4) is 0 Å². The van der Waals surface area contributed by atoms with Crippen LogP contribution in [-0.2, 0) is 22.6 Å². The van der Waals surface area contributed by atoms with Gasteiger partial charge in [0.25, 0.3) is 0 Å². The van der Waals surface area contributed by atoms with Crippen molar-refractivity contribution in [1.82, 2.24) is 15.5 Å². The van der Waals surface area contributed by atoms with Gasteiger partial charge in [-0.15, -0.1) is 24.0 Å². The van der Waals surface area contributed by atoms with Crippen molar-refractivity contribution in [2.75, 3.05) is 53.1 Å². The number of guanidine groups is 1. The van der Waals surface area contributed by atoms with Gasteiger partial charge >= 0.3 is 0 Å². The molecule has 2 aliphatic rings. The number of aliphatic imine (C=N–C) groups is 1. The number of piperidine rings is 1. The van der Waals surface area contributed by atoms with E-state index in [1.807, 2.05) is 7.05 Å². The Morgan fingerprint density at radius 2 is 1.90 bits per heavy atom. The predicted molar refractivity (Wildman–Crippen MR) is 134 cm³/mol. The number of likely N-dealkylation sites (tertiary alicyclic amines) is 1. The molecule has 2 N–H and O–H groups in total. The Labute approximate surface area is 199 Å². The summed E-state index contributed by atoms with van der Waals surface area (Å²) in [5, 5.41) is 6.75. The minimum atomic E-state index is 0. The van der Waals surface area contributed by atoms with Crippen LogP contribution in [0.2, 0.25) is 0 Å². The lowest BCUT2D eigenvalue weighted by Crippen LogP contribution is -2.37. The summed E-state index contributed by atoms with van der Waals surface area (Å²) in [7, 11) is 1.81. The molecule has 0 saturated carbocycles. The first-order chi connectivity index (χ1) is 14.3. The molecular formula is C23H39IN4O2. The SMILES string of the molecule is CN=C(NCCCOCC1CCOC1)NCc1ccc(CN2CCCCC2)cc1.I. The van der Waals surface area contributed by atoms with Crippen molar-refractivity contribution < 1.29 is 9.47 Å². The Hall–Kier alpha value is -0.900. The van der Waals surface area contributed by atoms with Crippen LogP contribution in [0.4, 0.5) is 0 Å². The van der Waals surface area contributed by atoms with Crippen molar-refractivity contribution >= 4 is 29.9 Å². The second-order valence-corrected chi connectivity index (χ2v) is 8.16. The molecule has 2 heterocycles. The van der Waals surface area contributed by atoms with Gasteiger partial charge in [-0.3, -0.25) is 9.89 Å². The van der Waals surface area contributed by atoms with E-state index in [-0.39, 0.29) is 24.0 Å². The Kier molecular flexibility index (Phi) is 12.7. The monoisotopic (exact) mass is 530 g/mol. The van der Waals surface area contributed by atoms with Gasteiger partial charge in [-0.1, -0.05) is 30.7 Å². The predicted octanol–water partition coefficient (Wildman–Crippen LogP) is 3.40. The lowest BCUT2D eigenvalue weighted by atomic mass is 10.1. The van der Waals surface area contributed by atoms with Gasteiger partial charge in [0, 0.05) is 45.8 Å². The van der Waals surface area contributed by atoms with Gasteiger partial charge in [-0.05, 0) is 49.9 Å². The van der Waals surface area contributed by atoms with E-state index < -0.39 is 0 Å². The van der Waals surface area contributed by atoms with Crippen molar-refractivity contribution in [3.05, 3.63) is 35.4 Å². The fraction of sp³-hybridized carbons (Fsp3) is 0.696. The summed E-state index contributed by atoms with van der Waals surface area (Å²) in [6, 6.07) is 8.96. The van der Waals surface area contributed by atoms with Gasteiger partial charge in [0.05, 0.1) is 13.2 Å². The highest BCUT2D eigenvalue weighted by molar-refractivity contribution is 14.0. The maximum atomic E-state index is 5.74. The number of hydrogen-bond acceptors (Lipinski definition) is 4. The lowest BCUT2D eigenvalue weighted by Gasteiger charge is -2.26. The van der Waals surface area contributed by atoms with Crippen LogP contribution in [0.1, 0.15) is 43.2 Å². The number of hydrogen-bond donors (Lipinski definition) is 2. The summed E-state index contributed by atoms with van der Waals surface area (Å²) in [6.07, 6.45) is 6.18. The molecule has 1 aromatic rings. The Balaban J connectivity index is 0.00000320. The van der Waals surface area contributed by atoms with Gasteiger partial charge in [0.15, 0.2) is 5.96 Å². The maximum Gasteiger partial charge on any atom is 0.191 e. The van der Waals surface area contributed by atoms with E-state index in [4.69, 9.17) is 9.47 Å². The van der Waals surface area contributed by atoms with Crippen molar-refractivity contribution in [2.45, 2.75) is 45.2 Å². The minimum Gasteiger partial charge on any atom is -0.381 e. The van der Waals surface area contributed by atoms with Crippen LogP contribution in [0.15, 0.2) is 29.3 Å². The third kappa shape index (κ3) is 9.49. The zero-order valence-electron chi connectivity index (χ0n) is 18.4. The molecule has 2 saturated heterocycles. The molecule has 0 aliphatic carbocycles. The summed E-state index contributed by atoms with van der Waals surface area (Å²) < 4.78 is 11.1. The first-order valence-electron chi connectivity index (χ1n) is 11.2. The van der Waals surface area contributed by atoms with Crippen LogP contribution in [0.25, 0.3) is 0 Å². The van der Waals surface area contributed by atoms with Crippen LogP contribution >= 0.6 is 24.0 Å². The van der Waals surface area contributed by atoms with E-state index in [0.717, 1.165) is 64.9 Å². The van der Waals surface area contributed by atoms with Crippen molar-refractivity contribution in [1.29, 1.82) is 0 Å². The molecule has 6 nitrogen and oxygen atoms in total. The molecule has 30 heavy (non-hydrogen) atoms. The highest BCUT2D eigenvalue weighted by Gasteiger charge is 2.15. The Bertz CT molecular complexity index is 600. The fourth-order valence-corrected chi connectivity index (χ4v) is 3.89. The molecular weight excluding hydrogens is 491 g/mol.